The van der Waals surface area contributed by atoms with Crippen LogP contribution in [0.2, 0.25) is 0 Å². The van der Waals surface area contributed by atoms with Gasteiger partial charge in [0, 0.05) is 6.92 Å². The summed E-state index contributed by atoms with van der Waals surface area (Å²) >= 11 is 0. The van der Waals surface area contributed by atoms with Crippen molar-refractivity contribution in [2.24, 2.45) is 0 Å². The molecule has 0 spiro atoms. The Balaban J connectivity index is -0.000000918. The monoisotopic (exact) mass is 1100 g/mol. The lowest BCUT2D eigenvalue weighted by Gasteiger charge is -2.44. The summed E-state index contributed by atoms with van der Waals surface area (Å²) in [5.74, 6) is -0.777. The normalized spacial score (nSPS) is 19.0. The number of hydrogen-bond acceptors (Lipinski definition) is 12. The van der Waals surface area contributed by atoms with E-state index in [-0.39, 0.29) is 0 Å². The van der Waals surface area contributed by atoms with Crippen LogP contribution in [0.25, 0.3) is 0 Å². The maximum Gasteiger partial charge on any atom is 0.274 e. The van der Waals surface area contributed by atoms with Crippen LogP contribution in [0, 0.1) is 0 Å². The third-order valence-electron chi connectivity index (χ3n) is 14.5. The van der Waals surface area contributed by atoms with E-state index in [2.05, 4.69) is 91.9 Å². The van der Waals surface area contributed by atoms with Crippen molar-refractivity contribution >= 4 is 21.6 Å². The number of carbonyl (C=O) groups is 1. The van der Waals surface area contributed by atoms with Gasteiger partial charge in [-0.25, -0.2) is 0 Å². The van der Waals surface area contributed by atoms with Gasteiger partial charge in [0.2, 0.25) is 5.91 Å². The minimum atomic E-state index is -5.96. The van der Waals surface area contributed by atoms with Crippen molar-refractivity contribution in [1.29, 1.82) is 0 Å². The summed E-state index contributed by atoms with van der Waals surface area (Å²) in [5.41, 5.74) is 0. The van der Waals surface area contributed by atoms with Crippen molar-refractivity contribution in [3.8, 4) is 0 Å². The number of nitrogens with one attached hydrogen (secondary N) is 1. The fourth-order valence-corrected chi connectivity index (χ4v) is 11.3. The zero-order valence-corrected chi connectivity index (χ0v) is 52.1. The quantitative estimate of drug-likeness (QED) is 0.0331. The maximum atomic E-state index is 11.3. The Hall–Kier alpha value is -0.550. The molecule has 0 aromatic carbocycles. The van der Waals surface area contributed by atoms with Crippen LogP contribution in [0.15, 0.2) is 0 Å². The number of hydrogen-bond donors (Lipinski definition) is 4. The first-order chi connectivity index (χ1) is 35.1. The van der Waals surface area contributed by atoms with Gasteiger partial charge < -0.3 is 58.1 Å². The fourth-order valence-electron chi connectivity index (χ4n) is 9.76. The summed E-state index contributed by atoms with van der Waals surface area (Å²) in [6.45, 7) is 45.2. The van der Waals surface area contributed by atoms with Gasteiger partial charge in [-0.2, -0.15) is 0 Å². The predicted octanol–water partition coefficient (Wildman–Crippen LogP) is 10.3. The fraction of sp³-hybridized carbons (Fsp3) is 0.982. The molecule has 1 fully saturated rings. The van der Waals surface area contributed by atoms with Crippen LogP contribution >= 0.6 is 15.6 Å². The Labute approximate surface area is 456 Å². The summed E-state index contributed by atoms with van der Waals surface area (Å²) in [4.78, 5) is 43.1. The van der Waals surface area contributed by atoms with Gasteiger partial charge >= 0.3 is 0 Å². The van der Waals surface area contributed by atoms with Gasteiger partial charge in [0.25, 0.3) is 7.82 Å². The highest BCUT2D eigenvalue weighted by molar-refractivity contribution is 7.58. The molecule has 4 N–H and O–H groups in total. The lowest BCUT2D eigenvalue weighted by Crippen LogP contribution is -2.64. The Morgan fingerprint density at radius 1 is 0.473 bits per heavy atom. The molecule has 1 unspecified atom stereocenters. The molecule has 16 nitrogen and oxygen atoms in total. The van der Waals surface area contributed by atoms with Gasteiger partial charge in [-0.3, -0.25) is 18.2 Å². The Kier molecular flexibility index (Phi) is 49.6. The average Bonchev–Trinajstić information content (AvgIpc) is 3.36. The topological polar surface area (TPSA) is 221 Å². The van der Waals surface area contributed by atoms with Crippen LogP contribution < -0.4 is 20.0 Å². The first-order valence-electron chi connectivity index (χ1n) is 30.3. The first kappa shape index (κ1) is 77.7. The van der Waals surface area contributed by atoms with Crippen molar-refractivity contribution < 1.29 is 70.9 Å². The van der Waals surface area contributed by atoms with Crippen LogP contribution in [-0.4, -0.2) is 150 Å². The molecule has 1 heterocycles. The second kappa shape index (κ2) is 47.3. The van der Waals surface area contributed by atoms with E-state index in [1.165, 1.54) is 246 Å². The molecule has 1 rings (SSSR count). The minimum absolute atomic E-state index is 0.777. The van der Waals surface area contributed by atoms with E-state index in [0.717, 1.165) is 6.92 Å². The molecular formula is C56H122N4O12P2. The summed E-state index contributed by atoms with van der Waals surface area (Å²) in [5, 5.41) is 30.5. The highest BCUT2D eigenvalue weighted by atomic mass is 31.3. The molecule has 1 saturated heterocycles. The van der Waals surface area contributed by atoms with Gasteiger partial charge in [-0.05, 0) is 77.0 Å². The molecule has 0 saturated carbocycles. The largest absolute Gasteiger partial charge is 0.790 e. The number of amides is 1. The molecule has 0 bridgehead atoms. The Morgan fingerprint density at radius 3 is 0.878 bits per heavy atom. The van der Waals surface area contributed by atoms with E-state index in [1.54, 1.807) is 0 Å². The molecule has 1 aliphatic rings. The van der Waals surface area contributed by atoms with Gasteiger partial charge in [0.1, 0.15) is 24.4 Å². The van der Waals surface area contributed by atoms with E-state index in [1.807, 2.05) is 5.32 Å². The predicted molar refractivity (Wildman–Crippen MR) is 301 cm³/mol. The third-order valence-corrected chi connectivity index (χ3v) is 16.6. The van der Waals surface area contributed by atoms with E-state index >= 15 is 0 Å². The summed E-state index contributed by atoms with van der Waals surface area (Å²) < 4.78 is 38.2. The van der Waals surface area contributed by atoms with E-state index < -0.39 is 58.8 Å². The number of nitrogens with zero attached hydrogens (tertiary/aromatic N) is 3. The first-order valence-corrected chi connectivity index (χ1v) is 33.2. The molecule has 0 radical (unpaired) electrons. The van der Waals surface area contributed by atoms with Crippen molar-refractivity contribution in [2.45, 2.75) is 275 Å². The molecule has 1 amide bonds. The Morgan fingerprint density at radius 2 is 0.703 bits per heavy atom. The molecule has 0 aromatic rings. The number of carbonyl (C=O) groups excluding carboxylic acids is 1. The molecule has 18 heteroatoms. The number of phosphoric ester groups is 1. The lowest BCUT2D eigenvalue weighted by atomic mass is 9.97. The van der Waals surface area contributed by atoms with Gasteiger partial charge in [-0.15, -0.1) is 0 Å². The van der Waals surface area contributed by atoms with Crippen LogP contribution in [0.5, 0.6) is 0 Å². The second-order valence-corrected chi connectivity index (χ2v) is 24.1. The maximum absolute atomic E-state index is 11.3. The van der Waals surface area contributed by atoms with Crippen molar-refractivity contribution in [1.82, 2.24) is 5.32 Å². The van der Waals surface area contributed by atoms with E-state index in [9.17, 15) is 38.8 Å². The molecule has 74 heavy (non-hydrogen) atoms. The summed E-state index contributed by atoms with van der Waals surface area (Å²) in [7, 11) is -11.7. The lowest BCUT2D eigenvalue weighted by molar-refractivity contribution is -0.929. The second-order valence-electron chi connectivity index (χ2n) is 21.5. The number of phosphoric acid groups is 2. The molecule has 448 valence electrons. The highest BCUT2D eigenvalue weighted by Gasteiger charge is 2.46. The standard InChI is InChI=1S/3C16H36N.C8H17NO12P2/c3*1-5-9-13-17(14-10-6-2,15-11-7-3)16-12-8-4;1-3(11)9-5-7(13)6(12)4(2-10)19-8(5)20-23(17,18)21-22(14,15)16/h3*5-16H2,1-4H3;4-8,10,12-13H,2H2,1H3,(H,9,11)(H,17,18)(H2,14,15,16)/q3*+1;/p-3/t;;;4-,5-,6-,7-,8-/m...1/s1. The average molecular weight is 1110 g/mol. The SMILES string of the molecule is CC(=O)N[C@H]1[C@@H](OP(=O)([O-])OP(=O)([O-])[O-])O[C@H](CO)[C@@H](O)[C@@H]1O.CCCC[N+](CCCC)(CCCC)CCCC.CCCC[N+](CCCC)(CCCC)CCCC.CCCC[N+](CCCC)(CCCC)CCCC. The smallest absolute Gasteiger partial charge is 0.274 e. The molecule has 6 atom stereocenters. The van der Waals surface area contributed by atoms with E-state index in [0.29, 0.717) is 0 Å². The van der Waals surface area contributed by atoms with Crippen molar-refractivity contribution in [3.63, 3.8) is 0 Å². The van der Waals surface area contributed by atoms with Crippen LogP contribution in [0.4, 0.5) is 0 Å². The molecular weight excluding hydrogens is 983 g/mol. The third kappa shape index (κ3) is 38.1. The number of rotatable bonds is 42. The number of ether oxygens (including phenoxy) is 1. The van der Waals surface area contributed by atoms with Crippen molar-refractivity contribution in [3.05, 3.63) is 0 Å². The highest BCUT2D eigenvalue weighted by Crippen LogP contribution is 2.52. The van der Waals surface area contributed by atoms with Gasteiger partial charge in [0.05, 0.1) is 93.0 Å². The molecule has 0 aliphatic carbocycles. The van der Waals surface area contributed by atoms with Crippen LogP contribution in [0.1, 0.15) is 244 Å². The number of quaternary nitrogens is 3. The van der Waals surface area contributed by atoms with Gasteiger partial charge in [-0.1, -0.05) is 160 Å². The van der Waals surface area contributed by atoms with Gasteiger partial charge in [0.15, 0.2) is 6.29 Å². The number of aliphatic hydroxyl groups excluding tert-OH is 3. The van der Waals surface area contributed by atoms with Crippen LogP contribution in [-0.2, 0) is 27.5 Å². The van der Waals surface area contributed by atoms with Crippen molar-refractivity contribution in [2.75, 3.05) is 85.1 Å². The minimum Gasteiger partial charge on any atom is -0.790 e. The zero-order chi connectivity index (χ0) is 57.0. The zero-order valence-electron chi connectivity index (χ0n) is 50.3. The molecule has 0 aromatic heterocycles. The van der Waals surface area contributed by atoms with E-state index in [4.69, 9.17) is 9.84 Å². The molecule has 1 aliphatic heterocycles. The summed E-state index contributed by atoms with van der Waals surface area (Å²) in [6, 6.07) is -1.66. The number of unbranched alkanes of at least 4 members (excludes halogenated alkanes) is 12. The number of aliphatic hydroxyl groups is 3. The Bertz CT molecular complexity index is 1180. The summed E-state index contributed by atoms with van der Waals surface area (Å²) in [6.07, 6.45) is 26.1. The van der Waals surface area contributed by atoms with Crippen LogP contribution in [0.3, 0.4) is 0 Å².